The minimum Gasteiger partial charge on any atom is -0.395 e. The molecule has 3 heteroatoms. The summed E-state index contributed by atoms with van der Waals surface area (Å²) in [6, 6.07) is 4.73. The summed E-state index contributed by atoms with van der Waals surface area (Å²) in [7, 11) is 0. The van der Waals surface area contributed by atoms with Gasteiger partial charge in [-0.1, -0.05) is 6.07 Å². The van der Waals surface area contributed by atoms with Crippen molar-refractivity contribution in [2.45, 2.75) is 32.4 Å². The van der Waals surface area contributed by atoms with Crippen molar-refractivity contribution in [2.75, 3.05) is 13.2 Å². The molecule has 82 valence electrons. The van der Waals surface area contributed by atoms with Crippen LogP contribution >= 0.6 is 0 Å². The molecule has 1 N–H and O–H groups in total. The van der Waals surface area contributed by atoms with Gasteiger partial charge in [0.15, 0.2) is 0 Å². The molecule has 1 aliphatic rings. The van der Waals surface area contributed by atoms with Gasteiger partial charge in [-0.05, 0) is 31.4 Å². The van der Waals surface area contributed by atoms with E-state index in [9.17, 15) is 0 Å². The number of pyridine rings is 1. The molecule has 1 fully saturated rings. The van der Waals surface area contributed by atoms with Gasteiger partial charge in [0.05, 0.1) is 12.3 Å². The Hall–Kier alpha value is -0.930. The van der Waals surface area contributed by atoms with Crippen molar-refractivity contribution in [2.24, 2.45) is 0 Å². The van der Waals surface area contributed by atoms with Gasteiger partial charge in [0.1, 0.15) is 0 Å². The first-order valence-corrected chi connectivity index (χ1v) is 5.56. The average Bonchev–Trinajstić information content (AvgIpc) is 3.04. The minimum atomic E-state index is 0.238. The second-order valence-corrected chi connectivity index (χ2v) is 4.19. The topological polar surface area (TPSA) is 36.4 Å². The number of nitrogens with zero attached hydrogens (tertiary/aromatic N) is 2. The summed E-state index contributed by atoms with van der Waals surface area (Å²) in [5, 5.41) is 9.00. The number of aryl methyl sites for hydroxylation is 1. The van der Waals surface area contributed by atoms with Crippen LogP contribution in [0.4, 0.5) is 0 Å². The third-order valence-corrected chi connectivity index (χ3v) is 2.92. The standard InChI is InChI=1S/C12H18N2O/c1-10-3-2-6-13-12(10)9-14(7-8-15)11-4-5-11/h2-3,6,11,15H,4-5,7-9H2,1H3. The van der Waals surface area contributed by atoms with Gasteiger partial charge in [-0.3, -0.25) is 9.88 Å². The van der Waals surface area contributed by atoms with Gasteiger partial charge in [0.2, 0.25) is 0 Å². The van der Waals surface area contributed by atoms with Crippen molar-refractivity contribution >= 4 is 0 Å². The summed E-state index contributed by atoms with van der Waals surface area (Å²) in [4.78, 5) is 6.72. The van der Waals surface area contributed by atoms with Gasteiger partial charge in [-0.15, -0.1) is 0 Å². The number of aliphatic hydroxyl groups is 1. The van der Waals surface area contributed by atoms with Crippen LogP contribution in [0, 0.1) is 6.92 Å². The molecule has 1 aromatic rings. The summed E-state index contributed by atoms with van der Waals surface area (Å²) in [5.74, 6) is 0. The summed E-state index contributed by atoms with van der Waals surface area (Å²) in [5.41, 5.74) is 2.37. The largest absolute Gasteiger partial charge is 0.395 e. The number of rotatable bonds is 5. The first-order chi connectivity index (χ1) is 7.31. The van der Waals surface area contributed by atoms with Crippen LogP contribution in [0.25, 0.3) is 0 Å². The van der Waals surface area contributed by atoms with Crippen molar-refractivity contribution in [3.8, 4) is 0 Å². The summed E-state index contributed by atoms with van der Waals surface area (Å²) in [6.45, 7) is 3.97. The highest BCUT2D eigenvalue weighted by molar-refractivity contribution is 5.17. The number of aromatic nitrogens is 1. The average molecular weight is 206 g/mol. The van der Waals surface area contributed by atoms with Crippen LogP contribution in [-0.2, 0) is 6.54 Å². The fourth-order valence-corrected chi connectivity index (χ4v) is 1.84. The van der Waals surface area contributed by atoms with E-state index in [4.69, 9.17) is 5.11 Å². The van der Waals surface area contributed by atoms with E-state index in [0.29, 0.717) is 6.04 Å². The van der Waals surface area contributed by atoms with Crippen molar-refractivity contribution in [1.29, 1.82) is 0 Å². The lowest BCUT2D eigenvalue weighted by Gasteiger charge is -2.20. The smallest absolute Gasteiger partial charge is 0.0573 e. The maximum Gasteiger partial charge on any atom is 0.0573 e. The predicted octanol–water partition coefficient (Wildman–Crippen LogP) is 1.35. The SMILES string of the molecule is Cc1cccnc1CN(CCO)C1CC1. The van der Waals surface area contributed by atoms with E-state index in [2.05, 4.69) is 22.9 Å². The Labute approximate surface area is 90.8 Å². The van der Waals surface area contributed by atoms with E-state index in [1.807, 2.05) is 12.3 Å². The zero-order valence-electron chi connectivity index (χ0n) is 9.19. The Morgan fingerprint density at radius 1 is 1.53 bits per heavy atom. The lowest BCUT2D eigenvalue weighted by atomic mass is 10.2. The van der Waals surface area contributed by atoms with E-state index >= 15 is 0 Å². The molecule has 0 atom stereocenters. The van der Waals surface area contributed by atoms with E-state index in [1.165, 1.54) is 18.4 Å². The summed E-state index contributed by atoms with van der Waals surface area (Å²) >= 11 is 0. The Balaban J connectivity index is 2.02. The van der Waals surface area contributed by atoms with Gasteiger partial charge in [0, 0.05) is 25.3 Å². The third kappa shape index (κ3) is 2.76. The molecule has 1 heterocycles. The number of aliphatic hydroxyl groups excluding tert-OH is 1. The Kier molecular flexibility index (Phi) is 3.34. The Bertz CT molecular complexity index is 323. The molecule has 2 rings (SSSR count). The quantitative estimate of drug-likeness (QED) is 0.790. The molecule has 3 nitrogen and oxygen atoms in total. The van der Waals surface area contributed by atoms with Crippen molar-refractivity contribution in [3.63, 3.8) is 0 Å². The molecule has 15 heavy (non-hydrogen) atoms. The molecule has 1 aliphatic carbocycles. The predicted molar refractivity (Wildman–Crippen MR) is 59.5 cm³/mol. The second kappa shape index (κ2) is 4.73. The molecule has 1 aromatic heterocycles. The van der Waals surface area contributed by atoms with Gasteiger partial charge in [-0.2, -0.15) is 0 Å². The molecule has 0 saturated heterocycles. The fourth-order valence-electron chi connectivity index (χ4n) is 1.84. The monoisotopic (exact) mass is 206 g/mol. The third-order valence-electron chi connectivity index (χ3n) is 2.92. The van der Waals surface area contributed by atoms with Crippen LogP contribution in [0.2, 0.25) is 0 Å². The van der Waals surface area contributed by atoms with Crippen LogP contribution in [0.3, 0.4) is 0 Å². The molecule has 0 amide bonds. The molecular weight excluding hydrogens is 188 g/mol. The van der Waals surface area contributed by atoms with Crippen molar-refractivity contribution < 1.29 is 5.11 Å². The van der Waals surface area contributed by atoms with Crippen LogP contribution in [0.15, 0.2) is 18.3 Å². The molecule has 0 bridgehead atoms. The molecule has 1 saturated carbocycles. The normalized spacial score (nSPS) is 15.9. The van der Waals surface area contributed by atoms with Crippen LogP contribution in [0.1, 0.15) is 24.1 Å². The van der Waals surface area contributed by atoms with Crippen molar-refractivity contribution in [1.82, 2.24) is 9.88 Å². The minimum absolute atomic E-state index is 0.238. The highest BCUT2D eigenvalue weighted by atomic mass is 16.3. The molecule has 0 aliphatic heterocycles. The van der Waals surface area contributed by atoms with Crippen LogP contribution < -0.4 is 0 Å². The van der Waals surface area contributed by atoms with E-state index in [1.54, 1.807) is 0 Å². The van der Waals surface area contributed by atoms with Gasteiger partial charge < -0.3 is 5.11 Å². The van der Waals surface area contributed by atoms with E-state index in [0.717, 1.165) is 18.8 Å². The Morgan fingerprint density at radius 3 is 2.93 bits per heavy atom. The van der Waals surface area contributed by atoms with Gasteiger partial charge >= 0.3 is 0 Å². The second-order valence-electron chi connectivity index (χ2n) is 4.19. The van der Waals surface area contributed by atoms with Gasteiger partial charge in [0.25, 0.3) is 0 Å². The number of hydrogen-bond donors (Lipinski definition) is 1. The maximum atomic E-state index is 9.00. The zero-order chi connectivity index (χ0) is 10.7. The zero-order valence-corrected chi connectivity index (χ0v) is 9.19. The summed E-state index contributed by atoms with van der Waals surface area (Å²) < 4.78 is 0. The van der Waals surface area contributed by atoms with Crippen molar-refractivity contribution in [3.05, 3.63) is 29.6 Å². The molecule has 0 radical (unpaired) electrons. The van der Waals surface area contributed by atoms with Crippen LogP contribution in [0.5, 0.6) is 0 Å². The molecule has 0 unspecified atom stereocenters. The lowest BCUT2D eigenvalue weighted by Crippen LogP contribution is -2.29. The summed E-state index contributed by atoms with van der Waals surface area (Å²) in [6.07, 6.45) is 4.38. The van der Waals surface area contributed by atoms with E-state index in [-0.39, 0.29) is 6.61 Å². The van der Waals surface area contributed by atoms with Crippen LogP contribution in [-0.4, -0.2) is 34.2 Å². The maximum absolute atomic E-state index is 9.00. The first kappa shape index (κ1) is 10.6. The van der Waals surface area contributed by atoms with E-state index < -0.39 is 0 Å². The lowest BCUT2D eigenvalue weighted by molar-refractivity contribution is 0.181. The first-order valence-electron chi connectivity index (χ1n) is 5.56. The molecular formula is C12H18N2O. The highest BCUT2D eigenvalue weighted by Crippen LogP contribution is 2.27. The molecule has 0 spiro atoms. The molecule has 0 aromatic carbocycles. The highest BCUT2D eigenvalue weighted by Gasteiger charge is 2.28. The Morgan fingerprint density at radius 2 is 2.33 bits per heavy atom. The number of hydrogen-bond acceptors (Lipinski definition) is 3. The van der Waals surface area contributed by atoms with Gasteiger partial charge in [-0.25, -0.2) is 0 Å². The fraction of sp³-hybridized carbons (Fsp3) is 0.583.